The first-order valence-corrected chi connectivity index (χ1v) is 10.5. The molecule has 0 spiro atoms. The summed E-state index contributed by atoms with van der Waals surface area (Å²) >= 11 is 6.64. The first-order chi connectivity index (χ1) is 13.1. The van der Waals surface area contributed by atoms with Gasteiger partial charge in [0.2, 0.25) is 5.91 Å². The molecule has 3 rings (SSSR count). The van der Waals surface area contributed by atoms with E-state index in [1.165, 1.54) is 16.7 Å². The smallest absolute Gasteiger partial charge is 0.266 e. The number of carbonyl (C=O) groups is 2. The van der Waals surface area contributed by atoms with Crippen LogP contribution in [0.15, 0.2) is 35.2 Å². The molecule has 2 amide bonds. The minimum atomic E-state index is -0.132. The maximum absolute atomic E-state index is 12.7. The summed E-state index contributed by atoms with van der Waals surface area (Å²) in [5, 5.41) is 9.22. The van der Waals surface area contributed by atoms with Crippen LogP contribution in [0.4, 0.5) is 0 Å². The van der Waals surface area contributed by atoms with Gasteiger partial charge in [-0.1, -0.05) is 54.3 Å². The van der Waals surface area contributed by atoms with Gasteiger partial charge in [0.1, 0.15) is 4.32 Å². The van der Waals surface area contributed by atoms with Crippen LogP contribution in [0.3, 0.4) is 0 Å². The highest BCUT2D eigenvalue weighted by atomic mass is 32.2. The maximum atomic E-state index is 12.7. The normalized spacial score (nSPS) is 22.0. The highest BCUT2D eigenvalue weighted by Gasteiger charge is 2.33. The van der Waals surface area contributed by atoms with Crippen LogP contribution in [0.1, 0.15) is 37.7 Å². The summed E-state index contributed by atoms with van der Waals surface area (Å²) in [7, 11) is 0. The molecule has 1 aromatic carbocycles. The molecule has 0 bridgehead atoms. The van der Waals surface area contributed by atoms with Gasteiger partial charge in [0.25, 0.3) is 5.91 Å². The fourth-order valence-electron chi connectivity index (χ4n) is 3.52. The van der Waals surface area contributed by atoms with Crippen molar-refractivity contribution in [3.63, 3.8) is 0 Å². The third kappa shape index (κ3) is 4.97. The van der Waals surface area contributed by atoms with Gasteiger partial charge in [0.05, 0.1) is 4.91 Å². The van der Waals surface area contributed by atoms with E-state index in [0.29, 0.717) is 22.2 Å². The Labute approximate surface area is 169 Å². The largest absolute Gasteiger partial charge is 0.396 e. The zero-order valence-corrected chi connectivity index (χ0v) is 16.8. The molecule has 1 N–H and O–H groups in total. The Morgan fingerprint density at radius 1 is 1.30 bits per heavy atom. The number of benzene rings is 1. The fraction of sp³-hybridized carbons (Fsp3) is 0.450. The monoisotopic (exact) mass is 404 g/mol. The molecule has 7 heteroatoms. The lowest BCUT2D eigenvalue weighted by molar-refractivity contribution is -0.135. The topological polar surface area (TPSA) is 60.9 Å². The van der Waals surface area contributed by atoms with Gasteiger partial charge in [-0.25, -0.2) is 0 Å². The van der Waals surface area contributed by atoms with Gasteiger partial charge in [-0.3, -0.25) is 14.5 Å². The van der Waals surface area contributed by atoms with Crippen molar-refractivity contribution in [1.29, 1.82) is 0 Å². The lowest BCUT2D eigenvalue weighted by Crippen LogP contribution is -2.45. The second kappa shape index (κ2) is 9.48. The van der Waals surface area contributed by atoms with E-state index in [4.69, 9.17) is 12.2 Å². The number of carbonyl (C=O) groups excluding carboxylic acids is 2. The number of thioether (sulfide) groups is 1. The van der Waals surface area contributed by atoms with Gasteiger partial charge in [-0.05, 0) is 37.3 Å². The van der Waals surface area contributed by atoms with Gasteiger partial charge >= 0.3 is 0 Å². The van der Waals surface area contributed by atoms with E-state index in [-0.39, 0.29) is 30.9 Å². The Bertz CT molecular complexity index is 734. The number of piperidine rings is 1. The highest BCUT2D eigenvalue weighted by Crippen LogP contribution is 2.32. The van der Waals surface area contributed by atoms with Crippen LogP contribution in [0.25, 0.3) is 6.08 Å². The van der Waals surface area contributed by atoms with Crippen molar-refractivity contribution in [1.82, 2.24) is 9.80 Å². The molecule has 5 nitrogen and oxygen atoms in total. The Kier molecular flexibility index (Phi) is 7.04. The van der Waals surface area contributed by atoms with E-state index in [9.17, 15) is 14.7 Å². The predicted molar refractivity (Wildman–Crippen MR) is 112 cm³/mol. The molecule has 0 saturated carbocycles. The second-order valence-electron chi connectivity index (χ2n) is 6.74. The average molecular weight is 405 g/mol. The summed E-state index contributed by atoms with van der Waals surface area (Å²) in [4.78, 5) is 29.3. The molecule has 2 saturated heterocycles. The van der Waals surface area contributed by atoms with Crippen LogP contribution in [0.5, 0.6) is 0 Å². The number of aliphatic hydroxyl groups excluding tert-OH is 1. The van der Waals surface area contributed by atoms with E-state index in [2.05, 4.69) is 0 Å². The van der Waals surface area contributed by atoms with Crippen LogP contribution in [-0.4, -0.2) is 56.8 Å². The van der Waals surface area contributed by atoms with Gasteiger partial charge in [0.15, 0.2) is 0 Å². The lowest BCUT2D eigenvalue weighted by Gasteiger charge is -2.36. The number of aliphatic hydroxyl groups is 1. The predicted octanol–water partition coefficient (Wildman–Crippen LogP) is 3.04. The highest BCUT2D eigenvalue weighted by molar-refractivity contribution is 8.26. The molecule has 1 unspecified atom stereocenters. The number of nitrogens with zero attached hydrogens (tertiary/aromatic N) is 2. The number of amides is 2. The molecule has 0 aromatic heterocycles. The maximum Gasteiger partial charge on any atom is 0.266 e. The molecule has 1 atom stereocenters. The summed E-state index contributed by atoms with van der Waals surface area (Å²) in [5.41, 5.74) is 0.953. The second-order valence-corrected chi connectivity index (χ2v) is 8.42. The Hall–Kier alpha value is -1.70. The van der Waals surface area contributed by atoms with E-state index in [0.717, 1.165) is 31.4 Å². The van der Waals surface area contributed by atoms with Crippen molar-refractivity contribution < 1.29 is 14.7 Å². The standard InChI is InChI=1S/C20H24N2O3S2/c23-13-10-16-8-4-5-11-21(16)18(24)9-12-22-19(25)17(27-20(22)26)14-15-6-2-1-3-7-15/h1-3,6-7,14,16,23H,4-5,8-13H2. The summed E-state index contributed by atoms with van der Waals surface area (Å²) < 4.78 is 0.500. The van der Waals surface area contributed by atoms with Crippen molar-refractivity contribution in [2.24, 2.45) is 0 Å². The summed E-state index contributed by atoms with van der Waals surface area (Å²) in [6, 6.07) is 9.76. The molecule has 0 aliphatic carbocycles. The molecular weight excluding hydrogens is 380 g/mol. The van der Waals surface area contributed by atoms with Gasteiger partial charge in [-0.15, -0.1) is 0 Å². The van der Waals surface area contributed by atoms with Gasteiger partial charge in [-0.2, -0.15) is 0 Å². The molecule has 144 valence electrons. The molecule has 2 aliphatic rings. The van der Waals surface area contributed by atoms with Crippen molar-refractivity contribution >= 4 is 46.2 Å². The van der Waals surface area contributed by atoms with E-state index >= 15 is 0 Å². The van der Waals surface area contributed by atoms with Gasteiger partial charge < -0.3 is 10.0 Å². The third-order valence-electron chi connectivity index (χ3n) is 4.93. The summed E-state index contributed by atoms with van der Waals surface area (Å²) in [6.45, 7) is 1.13. The Balaban J connectivity index is 1.60. The molecule has 2 fully saturated rings. The Morgan fingerprint density at radius 3 is 2.81 bits per heavy atom. The summed E-state index contributed by atoms with van der Waals surface area (Å²) in [6.07, 6.45) is 5.73. The average Bonchev–Trinajstić information content (AvgIpc) is 2.94. The van der Waals surface area contributed by atoms with E-state index in [1.807, 2.05) is 41.3 Å². The number of rotatable bonds is 6. The van der Waals surface area contributed by atoms with E-state index in [1.54, 1.807) is 0 Å². The molecule has 2 aliphatic heterocycles. The van der Waals surface area contributed by atoms with Crippen molar-refractivity contribution in [2.45, 2.75) is 38.1 Å². The van der Waals surface area contributed by atoms with Crippen LogP contribution in [0.2, 0.25) is 0 Å². The van der Waals surface area contributed by atoms with Crippen LogP contribution < -0.4 is 0 Å². The lowest BCUT2D eigenvalue weighted by atomic mass is 9.99. The SMILES string of the molecule is O=C1C(=Cc2ccccc2)SC(=S)N1CCC(=O)N1CCCCC1CCO. The van der Waals surface area contributed by atoms with Crippen LogP contribution in [-0.2, 0) is 9.59 Å². The van der Waals surface area contributed by atoms with Crippen molar-refractivity contribution in [3.8, 4) is 0 Å². The van der Waals surface area contributed by atoms with Gasteiger partial charge in [0, 0.05) is 32.2 Å². The third-order valence-corrected chi connectivity index (χ3v) is 6.31. The number of hydrogen-bond donors (Lipinski definition) is 1. The molecule has 0 radical (unpaired) electrons. The number of likely N-dealkylation sites (tertiary alicyclic amines) is 1. The number of hydrogen-bond acceptors (Lipinski definition) is 5. The first kappa shape index (κ1) is 20.0. The Morgan fingerprint density at radius 2 is 2.07 bits per heavy atom. The first-order valence-electron chi connectivity index (χ1n) is 9.31. The molecule has 27 heavy (non-hydrogen) atoms. The molecular formula is C20H24N2O3S2. The number of thiocarbonyl (C=S) groups is 1. The molecule has 1 aromatic rings. The minimum absolute atomic E-state index is 0.0363. The molecule has 2 heterocycles. The quantitative estimate of drug-likeness (QED) is 0.583. The summed E-state index contributed by atoms with van der Waals surface area (Å²) in [5.74, 6) is -0.0959. The van der Waals surface area contributed by atoms with Crippen molar-refractivity contribution in [2.75, 3.05) is 19.7 Å². The van der Waals surface area contributed by atoms with Crippen molar-refractivity contribution in [3.05, 3.63) is 40.8 Å². The van der Waals surface area contributed by atoms with Crippen LogP contribution >= 0.6 is 24.0 Å². The van der Waals surface area contributed by atoms with Crippen LogP contribution in [0, 0.1) is 0 Å². The zero-order chi connectivity index (χ0) is 19.2. The fourth-order valence-corrected chi connectivity index (χ4v) is 4.83. The minimum Gasteiger partial charge on any atom is -0.396 e. The zero-order valence-electron chi connectivity index (χ0n) is 15.2. The van der Waals surface area contributed by atoms with E-state index < -0.39 is 0 Å².